The molecule has 116 valence electrons. The minimum atomic E-state index is -1.38. The van der Waals surface area contributed by atoms with Gasteiger partial charge in [-0.1, -0.05) is 36.9 Å². The second kappa shape index (κ2) is 7.90. The fraction of sp³-hybridized carbons (Fsp3) is 0.400. The van der Waals surface area contributed by atoms with E-state index in [4.69, 9.17) is 5.11 Å². The number of carbonyl (C=O) groups is 1. The molecule has 1 rings (SSSR count). The number of benzene rings is 1. The number of aliphatic hydroxyl groups excluding tert-OH is 3. The Kier molecular flexibility index (Phi) is 6.51. The predicted octanol–water partition coefficient (Wildman–Crippen LogP) is -0.0681. The Bertz CT molecular complexity index is 459. The Morgan fingerprint density at radius 2 is 1.67 bits per heavy atom. The first-order valence-electron chi connectivity index (χ1n) is 6.52. The molecule has 6 heteroatoms. The van der Waals surface area contributed by atoms with Crippen molar-refractivity contribution in [1.82, 2.24) is 4.90 Å². The van der Waals surface area contributed by atoms with E-state index in [1.807, 2.05) is 24.3 Å². The zero-order valence-electron chi connectivity index (χ0n) is 11.8. The Morgan fingerprint density at radius 3 is 2.05 bits per heavy atom. The summed E-state index contributed by atoms with van der Waals surface area (Å²) in [5.74, 6) is -1.10. The molecule has 4 N–H and O–H groups in total. The molecule has 1 aromatic rings. The number of hydrogen-bond acceptors (Lipinski definition) is 5. The minimum Gasteiger partial charge on any atom is -0.480 e. The van der Waals surface area contributed by atoms with Crippen LogP contribution >= 0.6 is 0 Å². The van der Waals surface area contributed by atoms with Gasteiger partial charge in [0.1, 0.15) is 0 Å². The first kappa shape index (κ1) is 17.3. The Labute approximate surface area is 123 Å². The van der Waals surface area contributed by atoms with Crippen LogP contribution in [0.5, 0.6) is 0 Å². The summed E-state index contributed by atoms with van der Waals surface area (Å²) in [5.41, 5.74) is 0.359. The monoisotopic (exact) mass is 295 g/mol. The molecule has 0 bridgehead atoms. The van der Waals surface area contributed by atoms with Crippen molar-refractivity contribution in [2.45, 2.75) is 12.1 Å². The van der Waals surface area contributed by atoms with E-state index >= 15 is 0 Å². The molecule has 0 atom stereocenters. The molecule has 0 aromatic heterocycles. The molecule has 0 aliphatic heterocycles. The molecule has 0 radical (unpaired) electrons. The molecule has 0 amide bonds. The van der Waals surface area contributed by atoms with Crippen LogP contribution in [0.2, 0.25) is 0 Å². The first-order chi connectivity index (χ1) is 10.0. The van der Waals surface area contributed by atoms with Crippen molar-refractivity contribution in [2.24, 2.45) is 0 Å². The van der Waals surface area contributed by atoms with Gasteiger partial charge in [0.25, 0.3) is 0 Å². The van der Waals surface area contributed by atoms with Crippen LogP contribution in [0.15, 0.2) is 30.8 Å². The number of aliphatic hydroxyl groups is 3. The summed E-state index contributed by atoms with van der Waals surface area (Å²) in [6, 6.07) is 7.28. The average Bonchev–Trinajstić information content (AvgIpc) is 2.49. The van der Waals surface area contributed by atoms with Crippen LogP contribution in [0.1, 0.15) is 11.1 Å². The number of nitrogens with zero attached hydrogens (tertiary/aromatic N) is 1. The summed E-state index contributed by atoms with van der Waals surface area (Å²) in [4.78, 5) is 12.4. The molecule has 0 saturated heterocycles. The fourth-order valence-electron chi connectivity index (χ4n) is 1.98. The molecular formula is C15H21NO5. The summed E-state index contributed by atoms with van der Waals surface area (Å²) in [6.45, 7) is 1.81. The van der Waals surface area contributed by atoms with Gasteiger partial charge < -0.3 is 20.4 Å². The zero-order valence-corrected chi connectivity index (χ0v) is 11.8. The van der Waals surface area contributed by atoms with Gasteiger partial charge in [0.2, 0.25) is 0 Å². The third-order valence-corrected chi connectivity index (χ3v) is 3.47. The third kappa shape index (κ3) is 4.37. The van der Waals surface area contributed by atoms with Crippen molar-refractivity contribution in [3.8, 4) is 0 Å². The lowest BCUT2D eigenvalue weighted by Gasteiger charge is -2.39. The van der Waals surface area contributed by atoms with Gasteiger partial charge in [0.05, 0.1) is 31.9 Å². The van der Waals surface area contributed by atoms with Crippen LogP contribution in [0.4, 0.5) is 0 Å². The molecule has 0 heterocycles. The fourth-order valence-corrected chi connectivity index (χ4v) is 1.98. The Hall–Kier alpha value is -1.73. The lowest BCUT2D eigenvalue weighted by Crippen LogP contribution is -2.58. The predicted molar refractivity (Wildman–Crippen MR) is 78.6 cm³/mol. The normalized spacial score (nSPS) is 11.6. The molecule has 0 fully saturated rings. The highest BCUT2D eigenvalue weighted by Crippen LogP contribution is 2.18. The topological polar surface area (TPSA) is 101 Å². The number of carboxylic acid groups (broad SMARTS) is 1. The van der Waals surface area contributed by atoms with Gasteiger partial charge in [-0.05, 0) is 11.1 Å². The van der Waals surface area contributed by atoms with Crippen LogP contribution in [0.3, 0.4) is 0 Å². The lowest BCUT2D eigenvalue weighted by molar-refractivity contribution is -0.143. The van der Waals surface area contributed by atoms with Gasteiger partial charge in [0, 0.05) is 6.54 Å². The standard InChI is InChI=1S/C15H21NO5/c1-2-12-3-5-13(6-4-12)7-16(8-14(20)21)15(9-17,10-18)11-19/h2-6,17-19H,1,7-11H2,(H,20,21). The van der Waals surface area contributed by atoms with E-state index in [2.05, 4.69) is 6.58 Å². The van der Waals surface area contributed by atoms with Crippen molar-refractivity contribution in [3.63, 3.8) is 0 Å². The molecular weight excluding hydrogens is 274 g/mol. The first-order valence-corrected chi connectivity index (χ1v) is 6.52. The van der Waals surface area contributed by atoms with Crippen molar-refractivity contribution in [3.05, 3.63) is 42.0 Å². The smallest absolute Gasteiger partial charge is 0.317 e. The summed E-state index contributed by atoms with van der Waals surface area (Å²) in [5, 5.41) is 37.4. The molecule has 0 aliphatic rings. The van der Waals surface area contributed by atoms with Crippen molar-refractivity contribution >= 4 is 12.0 Å². The lowest BCUT2D eigenvalue weighted by atomic mass is 9.99. The Balaban J connectivity index is 3.00. The van der Waals surface area contributed by atoms with Crippen LogP contribution in [0.25, 0.3) is 6.08 Å². The molecule has 0 unspecified atom stereocenters. The maximum absolute atomic E-state index is 11.0. The van der Waals surface area contributed by atoms with Gasteiger partial charge in [-0.25, -0.2) is 0 Å². The molecule has 0 spiro atoms. The van der Waals surface area contributed by atoms with Gasteiger partial charge >= 0.3 is 5.97 Å². The third-order valence-electron chi connectivity index (χ3n) is 3.47. The molecule has 0 saturated carbocycles. The summed E-state index contributed by atoms with van der Waals surface area (Å²) >= 11 is 0. The number of aliphatic carboxylic acids is 1. The quantitative estimate of drug-likeness (QED) is 0.509. The van der Waals surface area contributed by atoms with E-state index in [-0.39, 0.29) is 6.54 Å². The van der Waals surface area contributed by atoms with Gasteiger partial charge in [-0.15, -0.1) is 0 Å². The van der Waals surface area contributed by atoms with Crippen LogP contribution in [-0.4, -0.2) is 63.2 Å². The second-order valence-corrected chi connectivity index (χ2v) is 4.89. The summed E-state index contributed by atoms with van der Waals surface area (Å²) < 4.78 is 0. The van der Waals surface area contributed by atoms with E-state index < -0.39 is 37.9 Å². The number of rotatable bonds is 9. The van der Waals surface area contributed by atoms with Gasteiger partial charge in [-0.2, -0.15) is 0 Å². The summed E-state index contributed by atoms with van der Waals surface area (Å²) in [7, 11) is 0. The maximum Gasteiger partial charge on any atom is 0.317 e. The average molecular weight is 295 g/mol. The number of carboxylic acids is 1. The van der Waals surface area contributed by atoms with Crippen LogP contribution in [0, 0.1) is 0 Å². The molecule has 1 aromatic carbocycles. The highest BCUT2D eigenvalue weighted by molar-refractivity contribution is 5.69. The number of hydrogen-bond donors (Lipinski definition) is 4. The van der Waals surface area contributed by atoms with Crippen LogP contribution in [-0.2, 0) is 11.3 Å². The highest BCUT2D eigenvalue weighted by atomic mass is 16.4. The Morgan fingerprint density at radius 1 is 1.14 bits per heavy atom. The SMILES string of the molecule is C=Cc1ccc(CN(CC(=O)O)C(CO)(CO)CO)cc1. The highest BCUT2D eigenvalue weighted by Gasteiger charge is 2.36. The van der Waals surface area contributed by atoms with Gasteiger partial charge in [-0.3, -0.25) is 9.69 Å². The van der Waals surface area contributed by atoms with E-state index in [0.29, 0.717) is 0 Å². The zero-order chi connectivity index (χ0) is 15.9. The minimum absolute atomic E-state index is 0.186. The van der Waals surface area contributed by atoms with Gasteiger partial charge in [0.15, 0.2) is 0 Å². The molecule has 6 nitrogen and oxygen atoms in total. The largest absolute Gasteiger partial charge is 0.480 e. The van der Waals surface area contributed by atoms with E-state index in [9.17, 15) is 20.1 Å². The molecule has 21 heavy (non-hydrogen) atoms. The van der Waals surface area contributed by atoms with E-state index in [1.54, 1.807) is 6.08 Å². The van der Waals surface area contributed by atoms with Crippen molar-refractivity contribution in [1.29, 1.82) is 0 Å². The summed E-state index contributed by atoms with van der Waals surface area (Å²) in [6.07, 6.45) is 1.69. The second-order valence-electron chi connectivity index (χ2n) is 4.89. The maximum atomic E-state index is 11.0. The van der Waals surface area contributed by atoms with E-state index in [1.165, 1.54) is 4.90 Å². The molecule has 0 aliphatic carbocycles. The van der Waals surface area contributed by atoms with Crippen LogP contribution < -0.4 is 0 Å². The van der Waals surface area contributed by atoms with Crippen molar-refractivity contribution in [2.75, 3.05) is 26.4 Å². The van der Waals surface area contributed by atoms with E-state index in [0.717, 1.165) is 11.1 Å². The van der Waals surface area contributed by atoms with Crippen molar-refractivity contribution < 1.29 is 25.2 Å².